The average molecular weight is 309 g/mol. The van der Waals surface area contributed by atoms with Crippen LogP contribution in [0.2, 0.25) is 0 Å². The predicted molar refractivity (Wildman–Crippen MR) is 98.7 cm³/mol. The number of rotatable bonds is 8. The van der Waals surface area contributed by atoms with Crippen molar-refractivity contribution in [3.8, 4) is 0 Å². The normalized spacial score (nSPS) is 11.2. The molecule has 3 heteroatoms. The summed E-state index contributed by atoms with van der Waals surface area (Å²) >= 11 is 0. The summed E-state index contributed by atoms with van der Waals surface area (Å²) in [5.41, 5.74) is 11.0. The third kappa shape index (κ3) is 5.51. The number of unbranched alkanes of at least 4 members (excludes halogenated alkanes) is 2. The van der Waals surface area contributed by atoms with Gasteiger partial charge in [-0.3, -0.25) is 0 Å². The number of hydrogen-bond acceptors (Lipinski definition) is 3. The van der Waals surface area contributed by atoms with Crippen molar-refractivity contribution in [2.75, 3.05) is 5.73 Å². The molecule has 2 rings (SSSR count). The fourth-order valence-electron chi connectivity index (χ4n) is 2.45. The van der Waals surface area contributed by atoms with Gasteiger partial charge in [0.1, 0.15) is 5.69 Å². The Morgan fingerprint density at radius 1 is 0.783 bits per heavy atom. The van der Waals surface area contributed by atoms with E-state index in [0.717, 1.165) is 24.2 Å². The van der Waals surface area contributed by atoms with Gasteiger partial charge in [-0.1, -0.05) is 44.9 Å². The lowest BCUT2D eigenvalue weighted by atomic mass is 10.1. The van der Waals surface area contributed by atoms with Crippen molar-refractivity contribution in [2.45, 2.75) is 52.4 Å². The molecule has 0 aliphatic rings. The fourth-order valence-corrected chi connectivity index (χ4v) is 2.45. The molecule has 0 atom stereocenters. The van der Waals surface area contributed by atoms with Gasteiger partial charge in [0, 0.05) is 0 Å². The van der Waals surface area contributed by atoms with Gasteiger partial charge in [-0.05, 0) is 61.1 Å². The quantitative estimate of drug-likeness (QED) is 0.447. The summed E-state index contributed by atoms with van der Waals surface area (Å²) < 4.78 is 0. The maximum absolute atomic E-state index is 6.08. The minimum atomic E-state index is 0.696. The summed E-state index contributed by atoms with van der Waals surface area (Å²) in [5, 5.41) is 8.58. The summed E-state index contributed by atoms with van der Waals surface area (Å²) in [6, 6.07) is 14.3. The van der Waals surface area contributed by atoms with Crippen molar-refractivity contribution >= 4 is 17.1 Å². The molecule has 23 heavy (non-hydrogen) atoms. The molecule has 0 heterocycles. The van der Waals surface area contributed by atoms with Crippen molar-refractivity contribution in [3.05, 3.63) is 53.6 Å². The molecule has 0 aliphatic heterocycles. The van der Waals surface area contributed by atoms with E-state index in [-0.39, 0.29) is 0 Å². The van der Waals surface area contributed by atoms with Gasteiger partial charge in [-0.25, -0.2) is 0 Å². The maximum Gasteiger partial charge on any atom is 0.109 e. The first-order valence-electron chi connectivity index (χ1n) is 8.62. The lowest BCUT2D eigenvalue weighted by Crippen LogP contribution is -1.90. The van der Waals surface area contributed by atoms with E-state index in [4.69, 9.17) is 5.73 Å². The van der Waals surface area contributed by atoms with Crippen LogP contribution in [0.5, 0.6) is 0 Å². The van der Waals surface area contributed by atoms with Gasteiger partial charge in [0.25, 0.3) is 0 Å². The minimum Gasteiger partial charge on any atom is -0.397 e. The molecule has 0 radical (unpaired) electrons. The van der Waals surface area contributed by atoms with E-state index >= 15 is 0 Å². The lowest BCUT2D eigenvalue weighted by Gasteiger charge is -2.04. The first-order chi connectivity index (χ1) is 11.2. The second-order valence-corrected chi connectivity index (χ2v) is 5.97. The van der Waals surface area contributed by atoms with Crippen LogP contribution in [0.1, 0.15) is 50.7 Å². The number of nitrogens with zero attached hydrogens (tertiary/aromatic N) is 2. The van der Waals surface area contributed by atoms with Gasteiger partial charge in [0.05, 0.1) is 11.4 Å². The van der Waals surface area contributed by atoms with Crippen molar-refractivity contribution in [1.82, 2.24) is 0 Å². The Morgan fingerprint density at radius 2 is 1.39 bits per heavy atom. The molecule has 2 aromatic rings. The molecule has 0 amide bonds. The van der Waals surface area contributed by atoms with Crippen LogP contribution >= 0.6 is 0 Å². The molecule has 2 aromatic carbocycles. The molecular weight excluding hydrogens is 282 g/mol. The number of hydrogen-bond donors (Lipinski definition) is 1. The summed E-state index contributed by atoms with van der Waals surface area (Å²) in [7, 11) is 0. The fraction of sp³-hybridized carbons (Fsp3) is 0.400. The molecule has 0 bridgehead atoms. The topological polar surface area (TPSA) is 50.7 Å². The van der Waals surface area contributed by atoms with Crippen LogP contribution in [0.4, 0.5) is 17.1 Å². The van der Waals surface area contributed by atoms with E-state index in [0.29, 0.717) is 5.69 Å². The zero-order valence-electron chi connectivity index (χ0n) is 14.3. The maximum atomic E-state index is 6.08. The van der Waals surface area contributed by atoms with Gasteiger partial charge in [0.2, 0.25) is 0 Å². The Kier molecular flexibility index (Phi) is 6.79. The lowest BCUT2D eigenvalue weighted by molar-refractivity contribution is 0.795. The van der Waals surface area contributed by atoms with E-state index in [1.54, 1.807) is 0 Å². The first kappa shape index (κ1) is 17.2. The SMILES string of the molecule is CCCCc1ccc(N=Nc2ccc(CCCC)cc2N)cc1. The van der Waals surface area contributed by atoms with E-state index in [2.05, 4.69) is 42.3 Å². The molecule has 0 saturated heterocycles. The van der Waals surface area contributed by atoms with Crippen LogP contribution in [-0.2, 0) is 12.8 Å². The van der Waals surface area contributed by atoms with Crippen molar-refractivity contribution < 1.29 is 0 Å². The van der Waals surface area contributed by atoms with E-state index in [1.165, 1.54) is 36.8 Å². The van der Waals surface area contributed by atoms with Gasteiger partial charge < -0.3 is 5.73 Å². The van der Waals surface area contributed by atoms with E-state index in [9.17, 15) is 0 Å². The van der Waals surface area contributed by atoms with Crippen LogP contribution < -0.4 is 5.73 Å². The minimum absolute atomic E-state index is 0.696. The smallest absolute Gasteiger partial charge is 0.109 e. The molecule has 2 N–H and O–H groups in total. The number of anilines is 1. The number of azo groups is 1. The summed E-state index contributed by atoms with van der Waals surface area (Å²) in [4.78, 5) is 0. The van der Waals surface area contributed by atoms with Crippen molar-refractivity contribution in [1.29, 1.82) is 0 Å². The average Bonchev–Trinajstić information content (AvgIpc) is 2.58. The Balaban J connectivity index is 2.01. The zero-order valence-corrected chi connectivity index (χ0v) is 14.3. The second kappa shape index (κ2) is 9.09. The standard InChI is InChI=1S/C20H27N3/c1-3-5-7-16-9-12-18(13-10-16)22-23-20-14-11-17(8-6-4-2)15-19(20)21/h9-15H,3-8,21H2,1-2H3. The number of nitrogens with two attached hydrogens (primary N) is 1. The molecule has 0 fully saturated rings. The first-order valence-corrected chi connectivity index (χ1v) is 8.62. The summed E-state index contributed by atoms with van der Waals surface area (Å²) in [5.74, 6) is 0. The molecule has 0 unspecified atom stereocenters. The third-order valence-corrected chi connectivity index (χ3v) is 3.94. The molecule has 122 valence electrons. The van der Waals surface area contributed by atoms with E-state index in [1.807, 2.05) is 24.3 Å². The highest BCUT2D eigenvalue weighted by Crippen LogP contribution is 2.26. The molecule has 0 saturated carbocycles. The highest BCUT2D eigenvalue weighted by Gasteiger charge is 2.00. The van der Waals surface area contributed by atoms with Crippen LogP contribution in [-0.4, -0.2) is 0 Å². The summed E-state index contributed by atoms with van der Waals surface area (Å²) in [6.07, 6.45) is 7.01. The Hall–Kier alpha value is -2.16. The van der Waals surface area contributed by atoms with Crippen molar-refractivity contribution in [2.24, 2.45) is 10.2 Å². The Labute approximate surface area is 139 Å². The Bertz CT molecular complexity index is 630. The van der Waals surface area contributed by atoms with Crippen LogP contribution in [0.25, 0.3) is 0 Å². The van der Waals surface area contributed by atoms with Gasteiger partial charge in [0.15, 0.2) is 0 Å². The summed E-state index contributed by atoms with van der Waals surface area (Å²) in [6.45, 7) is 4.40. The molecule has 0 spiro atoms. The molecule has 3 nitrogen and oxygen atoms in total. The largest absolute Gasteiger partial charge is 0.397 e. The number of nitrogen functional groups attached to an aromatic ring is 1. The van der Waals surface area contributed by atoms with Crippen LogP contribution in [0.15, 0.2) is 52.7 Å². The molecular formula is C20H27N3. The van der Waals surface area contributed by atoms with Crippen LogP contribution in [0.3, 0.4) is 0 Å². The zero-order chi connectivity index (χ0) is 16.5. The predicted octanol–water partition coefficient (Wildman–Crippen LogP) is 6.37. The molecule has 0 aliphatic carbocycles. The van der Waals surface area contributed by atoms with E-state index < -0.39 is 0 Å². The number of benzene rings is 2. The van der Waals surface area contributed by atoms with Gasteiger partial charge >= 0.3 is 0 Å². The van der Waals surface area contributed by atoms with Crippen molar-refractivity contribution in [3.63, 3.8) is 0 Å². The monoisotopic (exact) mass is 309 g/mol. The number of aryl methyl sites for hydroxylation is 2. The highest BCUT2D eigenvalue weighted by molar-refractivity contribution is 5.63. The Morgan fingerprint density at radius 3 is 2.00 bits per heavy atom. The molecule has 0 aromatic heterocycles. The second-order valence-electron chi connectivity index (χ2n) is 5.97. The third-order valence-electron chi connectivity index (χ3n) is 3.94. The van der Waals surface area contributed by atoms with Crippen LogP contribution in [0, 0.1) is 0 Å². The highest BCUT2D eigenvalue weighted by atomic mass is 15.1. The van der Waals surface area contributed by atoms with Gasteiger partial charge in [-0.2, -0.15) is 5.11 Å². The van der Waals surface area contributed by atoms with Gasteiger partial charge in [-0.15, -0.1) is 5.11 Å².